The van der Waals surface area contributed by atoms with Crippen LogP contribution in [0.4, 0.5) is 0 Å². The molecule has 0 spiro atoms. The van der Waals surface area contributed by atoms with E-state index in [9.17, 15) is 0 Å². The minimum Gasteiger partial charge on any atom is -0.456 e. The Labute approximate surface area is 156 Å². The van der Waals surface area contributed by atoms with Crippen LogP contribution in [-0.2, 0) is 0 Å². The average Bonchev–Trinajstić information content (AvgIpc) is 3.11. The van der Waals surface area contributed by atoms with Gasteiger partial charge in [0.2, 0.25) is 0 Å². The fraction of sp³-hybridized carbons (Fsp3) is 0. The van der Waals surface area contributed by atoms with E-state index in [0.29, 0.717) is 0 Å². The number of furan rings is 1. The van der Waals surface area contributed by atoms with Gasteiger partial charge in [0.15, 0.2) is 0 Å². The summed E-state index contributed by atoms with van der Waals surface area (Å²) in [5, 5.41) is 7.47. The molecule has 1 nitrogen and oxygen atoms in total. The summed E-state index contributed by atoms with van der Waals surface area (Å²) in [5.41, 5.74) is 4.32. The lowest BCUT2D eigenvalue weighted by Crippen LogP contribution is -1.81. The van der Waals surface area contributed by atoms with Crippen LogP contribution in [-0.4, -0.2) is 0 Å². The molecule has 6 aromatic rings. The summed E-state index contributed by atoms with van der Waals surface area (Å²) in [4.78, 5) is 0. The Kier molecular flexibility index (Phi) is 2.95. The third-order valence-electron chi connectivity index (χ3n) is 5.46. The summed E-state index contributed by atoms with van der Waals surface area (Å²) in [6.45, 7) is 0. The van der Waals surface area contributed by atoms with E-state index in [-0.39, 0.29) is 0 Å². The van der Waals surface area contributed by atoms with Crippen molar-refractivity contribution >= 4 is 43.5 Å². The van der Waals surface area contributed by atoms with Gasteiger partial charge in [-0.15, -0.1) is 0 Å². The molecule has 0 aliphatic carbocycles. The molecule has 0 saturated carbocycles. The van der Waals surface area contributed by atoms with Crippen molar-refractivity contribution in [1.82, 2.24) is 0 Å². The summed E-state index contributed by atoms with van der Waals surface area (Å²) in [5.74, 6) is 0. The van der Waals surface area contributed by atoms with Crippen molar-refractivity contribution in [3.05, 3.63) is 97.1 Å². The monoisotopic (exact) mass is 344 g/mol. The molecule has 0 amide bonds. The van der Waals surface area contributed by atoms with Gasteiger partial charge in [-0.2, -0.15) is 0 Å². The van der Waals surface area contributed by atoms with E-state index in [1.807, 2.05) is 12.1 Å². The van der Waals surface area contributed by atoms with Gasteiger partial charge in [-0.05, 0) is 56.9 Å². The van der Waals surface area contributed by atoms with Crippen LogP contribution in [0.5, 0.6) is 0 Å². The van der Waals surface area contributed by atoms with Crippen LogP contribution < -0.4 is 0 Å². The second-order valence-corrected chi connectivity index (χ2v) is 7.03. The van der Waals surface area contributed by atoms with E-state index in [1.54, 1.807) is 0 Å². The van der Waals surface area contributed by atoms with Gasteiger partial charge < -0.3 is 4.42 Å². The zero-order chi connectivity index (χ0) is 17.8. The summed E-state index contributed by atoms with van der Waals surface area (Å²) in [6.07, 6.45) is 0. The number of hydrogen-bond donors (Lipinski definition) is 0. The van der Waals surface area contributed by atoms with E-state index < -0.39 is 0 Å². The van der Waals surface area contributed by atoms with Crippen LogP contribution in [0.1, 0.15) is 0 Å². The van der Waals surface area contributed by atoms with E-state index in [1.165, 1.54) is 43.4 Å². The average molecular weight is 344 g/mol. The third kappa shape index (κ3) is 2.18. The third-order valence-corrected chi connectivity index (χ3v) is 5.46. The zero-order valence-corrected chi connectivity index (χ0v) is 14.6. The van der Waals surface area contributed by atoms with Crippen LogP contribution in [0.3, 0.4) is 0 Å². The Morgan fingerprint density at radius 3 is 1.89 bits per heavy atom. The highest BCUT2D eigenvalue weighted by atomic mass is 16.3. The standard InChI is InChI=1S/C26H16O/c1-2-6-21-17(5-1)9-10-18-11-12-19(15-23(18)21)20-13-14-26-24(16-20)22-7-3-4-8-25(22)27-26/h1-16H. The maximum atomic E-state index is 5.97. The molecule has 126 valence electrons. The van der Waals surface area contributed by atoms with Gasteiger partial charge in [0.25, 0.3) is 0 Å². The molecule has 1 heteroatoms. The van der Waals surface area contributed by atoms with Crippen molar-refractivity contribution in [2.24, 2.45) is 0 Å². The molecule has 27 heavy (non-hydrogen) atoms. The molecule has 6 rings (SSSR count). The minimum absolute atomic E-state index is 0.936. The first-order valence-electron chi connectivity index (χ1n) is 9.20. The van der Waals surface area contributed by atoms with Crippen molar-refractivity contribution in [1.29, 1.82) is 0 Å². The van der Waals surface area contributed by atoms with Crippen LogP contribution in [0.15, 0.2) is 101 Å². The summed E-state index contributed by atoms with van der Waals surface area (Å²) >= 11 is 0. The molecular weight excluding hydrogens is 328 g/mol. The van der Waals surface area contributed by atoms with Crippen LogP contribution in [0.25, 0.3) is 54.6 Å². The van der Waals surface area contributed by atoms with Gasteiger partial charge in [-0.3, -0.25) is 0 Å². The van der Waals surface area contributed by atoms with Gasteiger partial charge in [-0.25, -0.2) is 0 Å². The van der Waals surface area contributed by atoms with E-state index in [4.69, 9.17) is 4.42 Å². The predicted octanol–water partition coefficient (Wildman–Crippen LogP) is 7.56. The fourth-order valence-electron chi connectivity index (χ4n) is 4.09. The highest BCUT2D eigenvalue weighted by Crippen LogP contribution is 2.34. The molecule has 5 aromatic carbocycles. The van der Waals surface area contributed by atoms with Gasteiger partial charge >= 0.3 is 0 Å². The minimum atomic E-state index is 0.936. The number of benzene rings is 5. The lowest BCUT2D eigenvalue weighted by molar-refractivity contribution is 0.669. The Hall–Kier alpha value is -3.58. The van der Waals surface area contributed by atoms with E-state index in [2.05, 4.69) is 84.9 Å². The molecule has 1 heterocycles. The molecular formula is C26H16O. The number of fused-ring (bicyclic) bond motifs is 6. The summed E-state index contributed by atoms with van der Waals surface area (Å²) in [7, 11) is 0. The molecule has 0 bridgehead atoms. The lowest BCUT2D eigenvalue weighted by atomic mass is 9.96. The molecule has 0 aliphatic heterocycles. The molecule has 0 atom stereocenters. The maximum Gasteiger partial charge on any atom is 0.135 e. The van der Waals surface area contributed by atoms with E-state index in [0.717, 1.165) is 11.2 Å². The van der Waals surface area contributed by atoms with Crippen LogP contribution in [0.2, 0.25) is 0 Å². The summed E-state index contributed by atoms with van der Waals surface area (Å²) in [6, 6.07) is 34.4. The zero-order valence-electron chi connectivity index (χ0n) is 14.6. The van der Waals surface area contributed by atoms with Crippen molar-refractivity contribution in [2.75, 3.05) is 0 Å². The largest absolute Gasteiger partial charge is 0.456 e. The van der Waals surface area contributed by atoms with E-state index >= 15 is 0 Å². The molecule has 0 fully saturated rings. The second kappa shape index (κ2) is 5.46. The first-order valence-corrected chi connectivity index (χ1v) is 9.20. The molecule has 0 radical (unpaired) electrons. The Morgan fingerprint density at radius 2 is 1.00 bits per heavy atom. The second-order valence-electron chi connectivity index (χ2n) is 7.03. The van der Waals surface area contributed by atoms with Gasteiger partial charge in [0.05, 0.1) is 0 Å². The summed E-state index contributed by atoms with van der Waals surface area (Å²) < 4.78 is 5.97. The molecule has 0 N–H and O–H groups in total. The highest BCUT2D eigenvalue weighted by molar-refractivity contribution is 6.10. The molecule has 0 saturated heterocycles. The maximum absolute atomic E-state index is 5.97. The first kappa shape index (κ1) is 14.6. The lowest BCUT2D eigenvalue weighted by Gasteiger charge is -2.07. The Balaban J connectivity index is 1.62. The Morgan fingerprint density at radius 1 is 0.407 bits per heavy atom. The quantitative estimate of drug-likeness (QED) is 0.280. The van der Waals surface area contributed by atoms with Gasteiger partial charge in [0.1, 0.15) is 11.2 Å². The van der Waals surface area contributed by atoms with Gasteiger partial charge in [0, 0.05) is 10.8 Å². The molecule has 0 unspecified atom stereocenters. The van der Waals surface area contributed by atoms with Crippen LogP contribution >= 0.6 is 0 Å². The van der Waals surface area contributed by atoms with Crippen LogP contribution in [0, 0.1) is 0 Å². The number of hydrogen-bond acceptors (Lipinski definition) is 1. The van der Waals surface area contributed by atoms with Gasteiger partial charge in [-0.1, -0.05) is 72.8 Å². The number of para-hydroxylation sites is 1. The molecule has 0 aliphatic rings. The highest BCUT2D eigenvalue weighted by Gasteiger charge is 2.09. The van der Waals surface area contributed by atoms with Crippen molar-refractivity contribution in [2.45, 2.75) is 0 Å². The van der Waals surface area contributed by atoms with Crippen molar-refractivity contribution in [3.8, 4) is 11.1 Å². The number of rotatable bonds is 1. The molecule has 1 aromatic heterocycles. The smallest absolute Gasteiger partial charge is 0.135 e. The topological polar surface area (TPSA) is 13.1 Å². The van der Waals surface area contributed by atoms with Crippen molar-refractivity contribution < 1.29 is 4.42 Å². The SMILES string of the molecule is c1ccc2c(c1)ccc1ccc(-c3ccc4oc5ccccc5c4c3)cc12. The van der Waals surface area contributed by atoms with Crippen molar-refractivity contribution in [3.63, 3.8) is 0 Å². The fourth-order valence-corrected chi connectivity index (χ4v) is 4.09. The Bertz CT molecular complexity index is 1470. The first-order chi connectivity index (χ1) is 13.4. The predicted molar refractivity (Wildman–Crippen MR) is 114 cm³/mol. The normalized spacial score (nSPS) is 11.7.